The summed E-state index contributed by atoms with van der Waals surface area (Å²) in [6.45, 7) is 1.39. The Kier molecular flexibility index (Phi) is 10.9. The van der Waals surface area contributed by atoms with Crippen molar-refractivity contribution in [3.05, 3.63) is 0 Å². The summed E-state index contributed by atoms with van der Waals surface area (Å²) in [5, 5.41) is 32.1. The molecule has 0 saturated heterocycles. The predicted molar refractivity (Wildman–Crippen MR) is 47.9 cm³/mol. The summed E-state index contributed by atoms with van der Waals surface area (Å²) in [4.78, 5) is 19.6. The van der Waals surface area contributed by atoms with Gasteiger partial charge in [0.05, 0.1) is 12.7 Å². The van der Waals surface area contributed by atoms with E-state index in [1.807, 2.05) is 0 Å². The minimum Gasteiger partial charge on any atom is -0.481 e. The SMILES string of the molecule is CC(O)CO.O=C(O)CCCC(=O)O. The van der Waals surface area contributed by atoms with Crippen molar-refractivity contribution >= 4 is 11.9 Å². The summed E-state index contributed by atoms with van der Waals surface area (Å²) in [5.74, 6) is -1.90. The standard InChI is InChI=1S/C5H8O4.C3H8O2/c6-4(7)2-1-3-5(8)9;1-3(5)2-4/h1-3H2,(H,6,7)(H,8,9);3-5H,2H2,1H3. The lowest BCUT2D eigenvalue weighted by Crippen LogP contribution is -2.03. The molecule has 0 rings (SSSR count). The van der Waals surface area contributed by atoms with Gasteiger partial charge >= 0.3 is 11.9 Å². The van der Waals surface area contributed by atoms with E-state index in [2.05, 4.69) is 0 Å². The quantitative estimate of drug-likeness (QED) is 0.492. The van der Waals surface area contributed by atoms with Gasteiger partial charge in [-0.25, -0.2) is 0 Å². The molecule has 84 valence electrons. The van der Waals surface area contributed by atoms with Crippen LogP contribution in [-0.4, -0.2) is 45.1 Å². The Labute approximate surface area is 81.8 Å². The highest BCUT2D eigenvalue weighted by molar-refractivity contribution is 5.69. The predicted octanol–water partition coefficient (Wildman–Crippen LogP) is -0.315. The van der Waals surface area contributed by atoms with Gasteiger partial charge in [-0.15, -0.1) is 0 Å². The first-order chi connectivity index (χ1) is 6.40. The lowest BCUT2D eigenvalue weighted by molar-refractivity contribution is -0.138. The number of carboxylic acids is 2. The zero-order chi connectivity index (χ0) is 11.6. The Balaban J connectivity index is 0. The van der Waals surface area contributed by atoms with Crippen LogP contribution in [0, 0.1) is 0 Å². The second kappa shape index (κ2) is 9.94. The van der Waals surface area contributed by atoms with Gasteiger partial charge in [0.2, 0.25) is 0 Å². The van der Waals surface area contributed by atoms with E-state index in [1.54, 1.807) is 0 Å². The van der Waals surface area contributed by atoms with Crippen molar-refractivity contribution < 1.29 is 30.0 Å². The monoisotopic (exact) mass is 208 g/mol. The fraction of sp³-hybridized carbons (Fsp3) is 0.750. The highest BCUT2D eigenvalue weighted by atomic mass is 16.4. The number of aliphatic hydroxyl groups is 2. The molecule has 0 aliphatic carbocycles. The molecule has 0 aliphatic heterocycles. The number of carboxylic acid groups (broad SMARTS) is 2. The molecule has 6 heteroatoms. The number of hydrogen-bond donors (Lipinski definition) is 4. The zero-order valence-corrected chi connectivity index (χ0v) is 8.01. The van der Waals surface area contributed by atoms with Crippen LogP contribution in [0.15, 0.2) is 0 Å². The maximum absolute atomic E-state index is 9.79. The third-order valence-corrected chi connectivity index (χ3v) is 1.05. The summed E-state index contributed by atoms with van der Waals surface area (Å²) < 4.78 is 0. The molecule has 0 bridgehead atoms. The maximum Gasteiger partial charge on any atom is 0.303 e. The van der Waals surface area contributed by atoms with Gasteiger partial charge in [-0.05, 0) is 13.3 Å². The van der Waals surface area contributed by atoms with E-state index in [-0.39, 0.29) is 25.9 Å². The number of hydrogen-bond acceptors (Lipinski definition) is 4. The molecule has 0 amide bonds. The molecule has 0 aliphatic rings. The molecule has 0 aromatic carbocycles. The van der Waals surface area contributed by atoms with Crippen LogP contribution < -0.4 is 0 Å². The number of carbonyl (C=O) groups is 2. The van der Waals surface area contributed by atoms with E-state index in [0.29, 0.717) is 0 Å². The lowest BCUT2D eigenvalue weighted by Gasteiger charge is -1.90. The maximum atomic E-state index is 9.79. The van der Waals surface area contributed by atoms with Crippen LogP contribution in [-0.2, 0) is 9.59 Å². The number of aliphatic hydroxyl groups excluding tert-OH is 2. The fourth-order valence-electron chi connectivity index (χ4n) is 0.391. The van der Waals surface area contributed by atoms with E-state index >= 15 is 0 Å². The van der Waals surface area contributed by atoms with Gasteiger partial charge in [-0.1, -0.05) is 0 Å². The second-order valence-corrected chi connectivity index (χ2v) is 2.67. The molecule has 0 heterocycles. The van der Waals surface area contributed by atoms with Crippen molar-refractivity contribution in [3.63, 3.8) is 0 Å². The normalized spacial score (nSPS) is 11.1. The second-order valence-electron chi connectivity index (χ2n) is 2.67. The largest absolute Gasteiger partial charge is 0.481 e. The minimum absolute atomic E-state index is 0.0632. The molecule has 0 spiro atoms. The molecular weight excluding hydrogens is 192 g/mol. The lowest BCUT2D eigenvalue weighted by atomic mass is 10.2. The summed E-state index contributed by atoms with van der Waals surface area (Å²) in [6, 6.07) is 0. The van der Waals surface area contributed by atoms with Crippen LogP contribution in [0.1, 0.15) is 26.2 Å². The Morgan fingerprint density at radius 2 is 1.43 bits per heavy atom. The third kappa shape index (κ3) is 22.4. The average Bonchev–Trinajstić information content (AvgIpc) is 2.04. The molecule has 0 fully saturated rings. The van der Waals surface area contributed by atoms with E-state index in [4.69, 9.17) is 20.4 Å². The molecular formula is C8H16O6. The summed E-state index contributed by atoms with van der Waals surface area (Å²) in [6.07, 6.45) is -0.474. The molecule has 1 unspecified atom stereocenters. The fourth-order valence-corrected chi connectivity index (χ4v) is 0.391. The van der Waals surface area contributed by atoms with Crippen molar-refractivity contribution in [2.24, 2.45) is 0 Å². The Morgan fingerprint density at radius 1 is 1.14 bits per heavy atom. The van der Waals surface area contributed by atoms with Crippen LogP contribution in [0.4, 0.5) is 0 Å². The van der Waals surface area contributed by atoms with Gasteiger partial charge in [0.1, 0.15) is 0 Å². The van der Waals surface area contributed by atoms with Crippen LogP contribution in [0.2, 0.25) is 0 Å². The van der Waals surface area contributed by atoms with Gasteiger partial charge in [0.25, 0.3) is 0 Å². The van der Waals surface area contributed by atoms with Gasteiger partial charge in [-0.2, -0.15) is 0 Å². The van der Waals surface area contributed by atoms with Crippen molar-refractivity contribution in [3.8, 4) is 0 Å². The molecule has 0 aromatic rings. The minimum atomic E-state index is -0.948. The molecule has 4 N–H and O–H groups in total. The summed E-state index contributed by atoms with van der Waals surface area (Å²) in [5.41, 5.74) is 0. The van der Waals surface area contributed by atoms with Crippen molar-refractivity contribution in [1.82, 2.24) is 0 Å². The average molecular weight is 208 g/mol. The highest BCUT2D eigenvalue weighted by Crippen LogP contribution is 1.93. The van der Waals surface area contributed by atoms with Crippen molar-refractivity contribution in [2.75, 3.05) is 6.61 Å². The van der Waals surface area contributed by atoms with Gasteiger partial charge < -0.3 is 20.4 Å². The molecule has 0 saturated carbocycles. The van der Waals surface area contributed by atoms with Crippen LogP contribution in [0.5, 0.6) is 0 Å². The Bertz CT molecular complexity index is 151. The Hall–Kier alpha value is -1.14. The number of rotatable bonds is 5. The zero-order valence-electron chi connectivity index (χ0n) is 8.01. The van der Waals surface area contributed by atoms with Gasteiger partial charge in [0, 0.05) is 12.8 Å². The van der Waals surface area contributed by atoms with E-state index in [1.165, 1.54) is 6.92 Å². The molecule has 0 aromatic heterocycles. The van der Waals surface area contributed by atoms with Crippen LogP contribution >= 0.6 is 0 Å². The summed E-state index contributed by atoms with van der Waals surface area (Å²) >= 11 is 0. The molecule has 14 heavy (non-hydrogen) atoms. The molecule has 1 atom stereocenters. The van der Waals surface area contributed by atoms with Gasteiger partial charge in [0.15, 0.2) is 0 Å². The van der Waals surface area contributed by atoms with Crippen LogP contribution in [0.25, 0.3) is 0 Å². The van der Waals surface area contributed by atoms with Crippen molar-refractivity contribution in [2.45, 2.75) is 32.3 Å². The first-order valence-corrected chi connectivity index (χ1v) is 4.12. The first kappa shape index (κ1) is 15.3. The third-order valence-electron chi connectivity index (χ3n) is 1.05. The van der Waals surface area contributed by atoms with E-state index in [0.717, 1.165) is 0 Å². The summed E-state index contributed by atoms with van der Waals surface area (Å²) in [7, 11) is 0. The molecule has 0 radical (unpaired) electrons. The molecule has 6 nitrogen and oxygen atoms in total. The van der Waals surface area contributed by atoms with E-state index in [9.17, 15) is 9.59 Å². The first-order valence-electron chi connectivity index (χ1n) is 4.12. The van der Waals surface area contributed by atoms with E-state index < -0.39 is 18.0 Å². The topological polar surface area (TPSA) is 115 Å². The van der Waals surface area contributed by atoms with Crippen LogP contribution in [0.3, 0.4) is 0 Å². The van der Waals surface area contributed by atoms with Crippen molar-refractivity contribution in [1.29, 1.82) is 0 Å². The Morgan fingerprint density at radius 3 is 1.57 bits per heavy atom. The van der Waals surface area contributed by atoms with Gasteiger partial charge in [-0.3, -0.25) is 9.59 Å². The highest BCUT2D eigenvalue weighted by Gasteiger charge is 1.99. The number of aliphatic carboxylic acids is 2. The smallest absolute Gasteiger partial charge is 0.303 e.